The maximum Gasteiger partial charge on any atom is 0.340 e. The molecular formula is C14H17FN2O4. The van der Waals surface area contributed by atoms with E-state index in [0.717, 1.165) is 19.6 Å². The molecule has 1 aromatic carbocycles. The third kappa shape index (κ3) is 3.12. The fourth-order valence-electron chi connectivity index (χ4n) is 2.37. The number of rotatable bonds is 5. The van der Waals surface area contributed by atoms with E-state index in [-0.39, 0.29) is 16.9 Å². The van der Waals surface area contributed by atoms with E-state index >= 15 is 0 Å². The molecule has 1 saturated carbocycles. The van der Waals surface area contributed by atoms with Crippen LogP contribution in [0.25, 0.3) is 0 Å². The molecule has 0 heterocycles. The lowest BCUT2D eigenvalue weighted by Gasteiger charge is -2.20. The van der Waals surface area contributed by atoms with E-state index in [1.165, 1.54) is 6.07 Å². The zero-order valence-electron chi connectivity index (χ0n) is 12.1. The molecule has 2 unspecified atom stereocenters. The van der Waals surface area contributed by atoms with Crippen molar-refractivity contribution in [2.24, 2.45) is 11.8 Å². The van der Waals surface area contributed by atoms with E-state index in [4.69, 9.17) is 0 Å². The van der Waals surface area contributed by atoms with Gasteiger partial charge in [-0.25, -0.2) is 9.18 Å². The number of ether oxygens (including phenoxy) is 1. The molecule has 1 aromatic rings. The van der Waals surface area contributed by atoms with Crippen molar-refractivity contribution in [1.82, 2.24) is 0 Å². The smallest absolute Gasteiger partial charge is 0.340 e. The molecule has 6 nitrogen and oxygen atoms in total. The molecule has 0 radical (unpaired) electrons. The minimum atomic E-state index is -0.953. The predicted octanol–water partition coefficient (Wildman–Crippen LogP) is 2.61. The van der Waals surface area contributed by atoms with Gasteiger partial charge in [0.2, 0.25) is 0 Å². The number of carbonyl (C=O) groups is 1. The molecule has 0 saturated heterocycles. The minimum absolute atomic E-state index is 0.223. The molecule has 0 aromatic heterocycles. The predicted molar refractivity (Wildman–Crippen MR) is 74.9 cm³/mol. The van der Waals surface area contributed by atoms with Crippen LogP contribution in [0.4, 0.5) is 15.8 Å². The van der Waals surface area contributed by atoms with Gasteiger partial charge in [0.1, 0.15) is 11.5 Å². The van der Waals surface area contributed by atoms with Crippen LogP contribution in [0.2, 0.25) is 0 Å². The standard InChI is InChI=1S/C14H17FN2O4/c1-8-4-9(8)7-16(2)12-5-10(14(18)21-3)11(15)6-13(12)17(19)20/h5-6,8-9H,4,7H2,1-3H3. The molecule has 114 valence electrons. The quantitative estimate of drug-likeness (QED) is 0.474. The number of methoxy groups -OCH3 is 1. The first kappa shape index (κ1) is 15.2. The second kappa shape index (κ2) is 5.67. The summed E-state index contributed by atoms with van der Waals surface area (Å²) in [5.41, 5.74) is -0.425. The highest BCUT2D eigenvalue weighted by Crippen LogP contribution is 2.40. The molecule has 2 atom stereocenters. The Hall–Kier alpha value is -2.18. The van der Waals surface area contributed by atoms with E-state index in [1.54, 1.807) is 11.9 Å². The number of esters is 1. The van der Waals surface area contributed by atoms with Crippen LogP contribution in [-0.2, 0) is 4.74 Å². The Morgan fingerprint density at radius 1 is 1.57 bits per heavy atom. The molecule has 0 aliphatic heterocycles. The van der Waals surface area contributed by atoms with Crippen LogP contribution in [0.1, 0.15) is 23.7 Å². The van der Waals surface area contributed by atoms with E-state index in [0.29, 0.717) is 18.4 Å². The number of halogens is 1. The van der Waals surface area contributed by atoms with Gasteiger partial charge in [-0.3, -0.25) is 10.1 Å². The summed E-state index contributed by atoms with van der Waals surface area (Å²) >= 11 is 0. The lowest BCUT2D eigenvalue weighted by Crippen LogP contribution is -2.22. The fourth-order valence-corrected chi connectivity index (χ4v) is 2.37. The number of hydrogen-bond acceptors (Lipinski definition) is 5. The molecule has 21 heavy (non-hydrogen) atoms. The zero-order valence-corrected chi connectivity index (χ0v) is 12.1. The third-order valence-corrected chi connectivity index (χ3v) is 3.86. The Kier molecular flexibility index (Phi) is 4.11. The van der Waals surface area contributed by atoms with Gasteiger partial charge in [-0.05, 0) is 24.3 Å². The van der Waals surface area contributed by atoms with Crippen molar-refractivity contribution in [3.63, 3.8) is 0 Å². The maximum atomic E-state index is 13.8. The number of nitro benzene ring substituents is 1. The van der Waals surface area contributed by atoms with Crippen LogP contribution < -0.4 is 4.90 Å². The van der Waals surface area contributed by atoms with E-state index in [9.17, 15) is 19.3 Å². The second-order valence-corrected chi connectivity index (χ2v) is 5.42. The van der Waals surface area contributed by atoms with Gasteiger partial charge >= 0.3 is 5.97 Å². The van der Waals surface area contributed by atoms with Crippen molar-refractivity contribution in [2.45, 2.75) is 13.3 Å². The molecule has 0 amide bonds. The SMILES string of the molecule is COC(=O)c1cc(N(C)CC2CC2C)c([N+](=O)[O-])cc1F. The van der Waals surface area contributed by atoms with Crippen molar-refractivity contribution in [1.29, 1.82) is 0 Å². The molecule has 1 aliphatic rings. The normalized spacial score (nSPS) is 20.0. The summed E-state index contributed by atoms with van der Waals surface area (Å²) in [7, 11) is 2.84. The Morgan fingerprint density at radius 3 is 2.67 bits per heavy atom. The van der Waals surface area contributed by atoms with Crippen LogP contribution in [0, 0.1) is 27.8 Å². The van der Waals surface area contributed by atoms with E-state index < -0.39 is 16.7 Å². The average molecular weight is 296 g/mol. The monoisotopic (exact) mass is 296 g/mol. The van der Waals surface area contributed by atoms with Gasteiger partial charge in [-0.2, -0.15) is 0 Å². The Morgan fingerprint density at radius 2 is 2.19 bits per heavy atom. The minimum Gasteiger partial charge on any atom is -0.465 e. The summed E-state index contributed by atoms with van der Waals surface area (Å²) < 4.78 is 18.3. The fraction of sp³-hybridized carbons (Fsp3) is 0.500. The molecule has 2 rings (SSSR count). The van der Waals surface area contributed by atoms with Gasteiger partial charge in [0.05, 0.1) is 23.7 Å². The average Bonchev–Trinajstić information content (AvgIpc) is 3.12. The Balaban J connectivity index is 2.39. The van der Waals surface area contributed by atoms with Crippen LogP contribution in [0.5, 0.6) is 0 Å². The first-order chi connectivity index (χ1) is 9.85. The molecule has 7 heteroatoms. The molecule has 1 aliphatic carbocycles. The Bertz CT molecular complexity index is 591. The molecule has 0 N–H and O–H groups in total. The summed E-state index contributed by atoms with van der Waals surface area (Å²) in [5.74, 6) is -0.740. The molecule has 1 fully saturated rings. The molecule has 0 bridgehead atoms. The van der Waals surface area contributed by atoms with Crippen molar-refractivity contribution < 1.29 is 18.8 Å². The number of carbonyl (C=O) groups excluding carboxylic acids is 1. The van der Waals surface area contributed by atoms with Gasteiger partial charge in [0, 0.05) is 13.6 Å². The van der Waals surface area contributed by atoms with Gasteiger partial charge in [-0.15, -0.1) is 0 Å². The van der Waals surface area contributed by atoms with Crippen LogP contribution in [-0.4, -0.2) is 31.6 Å². The van der Waals surface area contributed by atoms with Crippen molar-refractivity contribution in [2.75, 3.05) is 25.6 Å². The number of benzene rings is 1. The molecular weight excluding hydrogens is 279 g/mol. The summed E-state index contributed by atoms with van der Waals surface area (Å²) in [4.78, 5) is 23.7. The van der Waals surface area contributed by atoms with Crippen molar-refractivity contribution >= 4 is 17.3 Å². The summed E-state index contributed by atoms with van der Waals surface area (Å²) in [6, 6.07) is 1.96. The highest BCUT2D eigenvalue weighted by atomic mass is 19.1. The van der Waals surface area contributed by atoms with Gasteiger partial charge < -0.3 is 9.64 Å². The van der Waals surface area contributed by atoms with Crippen LogP contribution >= 0.6 is 0 Å². The highest BCUT2D eigenvalue weighted by Gasteiger charge is 2.34. The number of anilines is 1. The van der Waals surface area contributed by atoms with Gasteiger partial charge in [0.25, 0.3) is 5.69 Å². The lowest BCUT2D eigenvalue weighted by atomic mass is 10.1. The van der Waals surface area contributed by atoms with Crippen molar-refractivity contribution in [3.05, 3.63) is 33.6 Å². The maximum absolute atomic E-state index is 13.8. The first-order valence-electron chi connectivity index (χ1n) is 6.62. The number of nitro groups is 1. The van der Waals surface area contributed by atoms with E-state index in [1.807, 2.05) is 0 Å². The second-order valence-electron chi connectivity index (χ2n) is 5.42. The summed E-state index contributed by atoms with van der Waals surface area (Å²) in [5, 5.41) is 11.1. The Labute approximate surface area is 121 Å². The van der Waals surface area contributed by atoms with E-state index in [2.05, 4.69) is 11.7 Å². The van der Waals surface area contributed by atoms with Gasteiger partial charge in [-0.1, -0.05) is 6.92 Å². The van der Waals surface area contributed by atoms with Crippen LogP contribution in [0.15, 0.2) is 12.1 Å². The first-order valence-corrected chi connectivity index (χ1v) is 6.62. The summed E-state index contributed by atoms with van der Waals surface area (Å²) in [6.07, 6.45) is 1.07. The lowest BCUT2D eigenvalue weighted by molar-refractivity contribution is -0.384. The number of hydrogen-bond donors (Lipinski definition) is 0. The topological polar surface area (TPSA) is 72.7 Å². The van der Waals surface area contributed by atoms with Crippen molar-refractivity contribution in [3.8, 4) is 0 Å². The largest absolute Gasteiger partial charge is 0.465 e. The highest BCUT2D eigenvalue weighted by molar-refractivity contribution is 5.92. The summed E-state index contributed by atoms with van der Waals surface area (Å²) in [6.45, 7) is 2.74. The van der Waals surface area contributed by atoms with Gasteiger partial charge in [0.15, 0.2) is 0 Å². The van der Waals surface area contributed by atoms with Crippen LogP contribution in [0.3, 0.4) is 0 Å². The third-order valence-electron chi connectivity index (χ3n) is 3.86. The molecule has 0 spiro atoms. The zero-order chi connectivity index (χ0) is 15.7. The number of nitrogens with zero attached hydrogens (tertiary/aromatic N) is 2.